The monoisotopic (exact) mass is 496 g/mol. The fourth-order valence-corrected chi connectivity index (χ4v) is 5.64. The van der Waals surface area contributed by atoms with Crippen molar-refractivity contribution in [3.8, 4) is 0 Å². The van der Waals surface area contributed by atoms with Gasteiger partial charge in [0.2, 0.25) is 0 Å². The van der Waals surface area contributed by atoms with E-state index in [0.717, 1.165) is 25.0 Å². The van der Waals surface area contributed by atoms with Gasteiger partial charge in [0.05, 0.1) is 14.0 Å². The summed E-state index contributed by atoms with van der Waals surface area (Å²) in [6.07, 6.45) is -0.368. The van der Waals surface area contributed by atoms with Crippen molar-refractivity contribution in [1.82, 2.24) is 10.3 Å². The van der Waals surface area contributed by atoms with Crippen molar-refractivity contribution in [2.24, 2.45) is 10.1 Å². The molecule has 0 unspecified atom stereocenters. The van der Waals surface area contributed by atoms with Gasteiger partial charge in [-0.3, -0.25) is 15.1 Å². The standard InChI is InChI=1S/C22H17BrN4OS2/c1-13-6-8-14(9-7-13)12-29-22-25-21(28)19-15-4-2-3-5-16(15)24-20(27(19)26-22)17-10-11-18(23)30-17/h2-11,20H,12H2,1H3,(H,25,26,28)/t20-/m0/s1. The molecule has 2 aliphatic rings. The minimum absolute atomic E-state index is 0.153. The van der Waals surface area contributed by atoms with E-state index in [4.69, 9.17) is 10.1 Å². The summed E-state index contributed by atoms with van der Waals surface area (Å²) in [6.45, 7) is 2.07. The highest BCUT2D eigenvalue weighted by molar-refractivity contribution is 9.11. The molecule has 1 atom stereocenters. The number of amidine groups is 1. The second-order valence-corrected chi connectivity index (χ2v) is 10.4. The lowest BCUT2D eigenvalue weighted by Gasteiger charge is -2.33. The van der Waals surface area contributed by atoms with E-state index in [9.17, 15) is 4.79 Å². The molecule has 30 heavy (non-hydrogen) atoms. The number of carbonyl (C=O) groups excluding carboxylic acids is 1. The van der Waals surface area contributed by atoms with Gasteiger partial charge in [0.15, 0.2) is 11.3 Å². The number of fused-ring (bicyclic) bond motifs is 2. The molecule has 0 aliphatic carbocycles. The highest BCUT2D eigenvalue weighted by atomic mass is 79.9. The van der Waals surface area contributed by atoms with Crippen molar-refractivity contribution in [3.05, 3.63) is 91.0 Å². The Morgan fingerprint density at radius 2 is 1.93 bits per heavy atom. The van der Waals surface area contributed by atoms with E-state index in [0.29, 0.717) is 10.9 Å². The number of nitrogens with zero attached hydrogens (tertiary/aromatic N) is 3. The van der Waals surface area contributed by atoms with Crippen LogP contribution in [0.1, 0.15) is 22.2 Å². The lowest BCUT2D eigenvalue weighted by Crippen LogP contribution is -2.50. The zero-order valence-electron chi connectivity index (χ0n) is 16.0. The Morgan fingerprint density at radius 3 is 2.70 bits per heavy atom. The summed E-state index contributed by atoms with van der Waals surface area (Å²) >= 11 is 6.64. The van der Waals surface area contributed by atoms with Crippen LogP contribution in [-0.2, 0) is 10.5 Å². The summed E-state index contributed by atoms with van der Waals surface area (Å²) in [5.41, 5.74) is 2.95. The van der Waals surface area contributed by atoms with Gasteiger partial charge < -0.3 is 0 Å². The van der Waals surface area contributed by atoms with Crippen molar-refractivity contribution < 1.29 is 4.79 Å². The minimum Gasteiger partial charge on any atom is -0.298 e. The first kappa shape index (κ1) is 19.5. The number of amides is 1. The Labute approximate surface area is 190 Å². The number of benzene rings is 2. The molecule has 3 aromatic rings. The van der Waals surface area contributed by atoms with Gasteiger partial charge in [-0.2, -0.15) is 0 Å². The molecular weight excluding hydrogens is 480 g/mol. The summed E-state index contributed by atoms with van der Waals surface area (Å²) in [7, 11) is 0. The smallest absolute Gasteiger partial charge is 0.276 e. The lowest BCUT2D eigenvalue weighted by atomic mass is 10.1. The third-order valence-electron chi connectivity index (χ3n) is 4.86. The van der Waals surface area contributed by atoms with Gasteiger partial charge in [-0.1, -0.05) is 59.8 Å². The van der Waals surface area contributed by atoms with Crippen LogP contribution in [-0.4, -0.2) is 16.1 Å². The topological polar surface area (TPSA) is 57.1 Å². The molecule has 0 spiro atoms. The maximum absolute atomic E-state index is 13.1. The Hall–Kier alpha value is -2.42. The Balaban J connectivity index is 1.54. The van der Waals surface area contributed by atoms with Gasteiger partial charge >= 0.3 is 0 Å². The number of hydrazone groups is 1. The fourth-order valence-electron chi connectivity index (χ4n) is 3.38. The van der Waals surface area contributed by atoms with Crippen molar-refractivity contribution in [2.45, 2.75) is 18.8 Å². The van der Waals surface area contributed by atoms with Crippen LogP contribution in [0.4, 0.5) is 0 Å². The average Bonchev–Trinajstić information content (AvgIpc) is 3.18. The summed E-state index contributed by atoms with van der Waals surface area (Å²) in [5.74, 6) is 0.574. The number of para-hydroxylation sites is 1. The molecule has 5 nitrogen and oxygen atoms in total. The fraction of sp³-hybridized carbons (Fsp3) is 0.136. The second kappa shape index (κ2) is 8.02. The average molecular weight is 497 g/mol. The van der Waals surface area contributed by atoms with E-state index in [2.05, 4.69) is 52.4 Å². The van der Waals surface area contributed by atoms with Crippen LogP contribution in [0.3, 0.4) is 0 Å². The van der Waals surface area contributed by atoms with Gasteiger partial charge in [-0.25, -0.2) is 5.01 Å². The van der Waals surface area contributed by atoms with Crippen molar-refractivity contribution >= 4 is 55.8 Å². The first-order valence-electron chi connectivity index (χ1n) is 9.38. The van der Waals surface area contributed by atoms with E-state index in [1.54, 1.807) is 16.3 Å². The summed E-state index contributed by atoms with van der Waals surface area (Å²) < 4.78 is 1.02. The largest absolute Gasteiger partial charge is 0.298 e. The number of nitrogens with one attached hydrogen (secondary N) is 1. The number of aryl methyl sites for hydroxylation is 1. The van der Waals surface area contributed by atoms with Crippen LogP contribution in [0.5, 0.6) is 0 Å². The maximum Gasteiger partial charge on any atom is 0.276 e. The van der Waals surface area contributed by atoms with Crippen LogP contribution >= 0.6 is 39.0 Å². The van der Waals surface area contributed by atoms with Crippen LogP contribution in [0.25, 0.3) is 5.70 Å². The van der Waals surface area contributed by atoms with Crippen LogP contribution in [0.15, 0.2) is 74.5 Å². The van der Waals surface area contributed by atoms with Crippen LogP contribution < -0.4 is 15.9 Å². The Morgan fingerprint density at radius 1 is 1.13 bits per heavy atom. The van der Waals surface area contributed by atoms with E-state index in [1.165, 1.54) is 22.9 Å². The predicted octanol–water partition coefficient (Wildman–Crippen LogP) is 3.90. The second-order valence-electron chi connectivity index (χ2n) is 6.99. The molecule has 8 heteroatoms. The highest BCUT2D eigenvalue weighted by Crippen LogP contribution is 2.36. The van der Waals surface area contributed by atoms with E-state index >= 15 is 0 Å². The number of thiophene rings is 1. The molecule has 0 radical (unpaired) electrons. The maximum atomic E-state index is 13.1. The molecular formula is C22H17BrN4OS2. The molecule has 0 saturated heterocycles. The number of rotatable bonds is 3. The summed E-state index contributed by atoms with van der Waals surface area (Å²) in [4.78, 5) is 19.0. The minimum atomic E-state index is -0.368. The number of hydrogen-bond acceptors (Lipinski definition) is 6. The number of carbonyl (C=O) groups is 1. The number of hydrogen-bond donors (Lipinski definition) is 1. The van der Waals surface area contributed by atoms with Crippen molar-refractivity contribution in [3.63, 3.8) is 0 Å². The number of halogens is 1. The van der Waals surface area contributed by atoms with Crippen LogP contribution in [0, 0.1) is 6.92 Å². The SMILES string of the molecule is Cc1ccc(CSC2=NN3C(=c4ccccc4=N[C@@H]3c3ccc(Br)s3)C(=O)N2)cc1. The molecule has 150 valence electrons. The molecule has 2 aromatic carbocycles. The summed E-state index contributed by atoms with van der Waals surface area (Å²) in [5, 5.41) is 11.7. The first-order chi connectivity index (χ1) is 14.6. The van der Waals surface area contributed by atoms with Gasteiger partial charge in [0, 0.05) is 11.0 Å². The third kappa shape index (κ3) is 3.71. The predicted molar refractivity (Wildman–Crippen MR) is 125 cm³/mol. The van der Waals surface area contributed by atoms with Gasteiger partial charge in [-0.15, -0.1) is 16.4 Å². The molecule has 1 N–H and O–H groups in total. The molecule has 0 saturated carbocycles. The van der Waals surface area contributed by atoms with Crippen LogP contribution in [0.2, 0.25) is 0 Å². The molecule has 1 amide bonds. The number of thioether (sulfide) groups is 1. The Kier molecular flexibility index (Phi) is 5.22. The Bertz CT molecular complexity index is 1280. The lowest BCUT2D eigenvalue weighted by molar-refractivity contribution is -0.116. The zero-order chi connectivity index (χ0) is 20.7. The first-order valence-corrected chi connectivity index (χ1v) is 12.0. The van der Waals surface area contributed by atoms with Crippen molar-refractivity contribution in [1.29, 1.82) is 0 Å². The molecule has 5 rings (SSSR count). The van der Waals surface area contributed by atoms with Gasteiger partial charge in [-0.05, 0) is 46.6 Å². The highest BCUT2D eigenvalue weighted by Gasteiger charge is 2.35. The quantitative estimate of drug-likeness (QED) is 0.598. The van der Waals surface area contributed by atoms with Gasteiger partial charge in [0.25, 0.3) is 5.91 Å². The molecule has 0 bridgehead atoms. The summed E-state index contributed by atoms with van der Waals surface area (Å²) in [6, 6.07) is 20.1. The zero-order valence-corrected chi connectivity index (χ0v) is 19.2. The normalized spacial score (nSPS) is 17.6. The van der Waals surface area contributed by atoms with E-state index < -0.39 is 0 Å². The molecule has 1 aromatic heterocycles. The van der Waals surface area contributed by atoms with E-state index in [1.807, 2.05) is 36.4 Å². The molecule has 3 heterocycles. The molecule has 0 fully saturated rings. The van der Waals surface area contributed by atoms with Crippen molar-refractivity contribution in [2.75, 3.05) is 0 Å². The van der Waals surface area contributed by atoms with Gasteiger partial charge in [0.1, 0.15) is 5.70 Å². The molecule has 2 aliphatic heterocycles. The third-order valence-corrected chi connectivity index (χ3v) is 7.46. The van der Waals surface area contributed by atoms with E-state index in [-0.39, 0.29) is 12.1 Å².